The highest BCUT2D eigenvalue weighted by Crippen LogP contribution is 2.28. The third kappa shape index (κ3) is 5.83. The van der Waals surface area contributed by atoms with Crippen LogP contribution in [0.25, 0.3) is 11.1 Å². The zero-order valence-corrected chi connectivity index (χ0v) is 16.4. The van der Waals surface area contributed by atoms with E-state index in [1.165, 1.54) is 11.3 Å². The molecule has 2 aromatic rings. The summed E-state index contributed by atoms with van der Waals surface area (Å²) in [4.78, 5) is 25.3. The van der Waals surface area contributed by atoms with Crippen LogP contribution in [0.5, 0.6) is 5.75 Å². The second-order valence-electron chi connectivity index (χ2n) is 6.46. The van der Waals surface area contributed by atoms with Gasteiger partial charge in [0.05, 0.1) is 18.1 Å². The van der Waals surface area contributed by atoms with Crippen LogP contribution in [-0.4, -0.2) is 31.5 Å². The van der Waals surface area contributed by atoms with E-state index in [1.54, 1.807) is 13.2 Å². The van der Waals surface area contributed by atoms with Crippen molar-refractivity contribution in [1.82, 2.24) is 10.6 Å². The lowest BCUT2D eigenvalue weighted by Gasteiger charge is -2.19. The number of carbonyl (C=O) groups excluding carboxylic acids is 2. The van der Waals surface area contributed by atoms with Crippen molar-refractivity contribution in [2.75, 3.05) is 13.7 Å². The van der Waals surface area contributed by atoms with Crippen LogP contribution in [0, 0.1) is 17.2 Å². The van der Waals surface area contributed by atoms with E-state index >= 15 is 0 Å². The lowest BCUT2D eigenvalue weighted by atomic mass is 10.0. The van der Waals surface area contributed by atoms with Gasteiger partial charge in [-0.25, -0.2) is 0 Å². The molecule has 0 spiro atoms. The molecule has 2 N–H and O–H groups in total. The van der Waals surface area contributed by atoms with Crippen molar-refractivity contribution in [2.45, 2.75) is 26.3 Å². The Kier molecular flexibility index (Phi) is 7.38. The summed E-state index contributed by atoms with van der Waals surface area (Å²) < 4.78 is 5.24. The standard InChI is InChI=1S/C20H23N3O3S/c1-13(2)9-17(19(24)22-8-7-21)23-20(25)18-11-15(12-27-18)14-5-4-6-16(10-14)26-3/h4-6,10-13,17H,8-9H2,1-3H3,(H,22,24)(H,23,25)/t17-/m0/s1. The minimum Gasteiger partial charge on any atom is -0.497 e. The molecule has 6 nitrogen and oxygen atoms in total. The Labute approximate surface area is 163 Å². The summed E-state index contributed by atoms with van der Waals surface area (Å²) in [6.07, 6.45) is 0.497. The molecule has 0 radical (unpaired) electrons. The smallest absolute Gasteiger partial charge is 0.262 e. The van der Waals surface area contributed by atoms with Crippen LogP contribution >= 0.6 is 11.3 Å². The molecule has 0 saturated carbocycles. The van der Waals surface area contributed by atoms with Gasteiger partial charge in [0.25, 0.3) is 5.91 Å². The van der Waals surface area contributed by atoms with E-state index in [0.717, 1.165) is 16.9 Å². The summed E-state index contributed by atoms with van der Waals surface area (Å²) in [5, 5.41) is 15.8. The van der Waals surface area contributed by atoms with Gasteiger partial charge < -0.3 is 15.4 Å². The van der Waals surface area contributed by atoms with Crippen LogP contribution in [0.2, 0.25) is 0 Å². The van der Waals surface area contributed by atoms with Gasteiger partial charge >= 0.3 is 0 Å². The lowest BCUT2D eigenvalue weighted by molar-refractivity contribution is -0.123. The zero-order valence-electron chi connectivity index (χ0n) is 15.6. The van der Waals surface area contributed by atoms with Crippen LogP contribution in [0.4, 0.5) is 0 Å². The number of amides is 2. The van der Waals surface area contributed by atoms with Gasteiger partial charge in [0.1, 0.15) is 18.3 Å². The first-order chi connectivity index (χ1) is 12.9. The molecular weight excluding hydrogens is 362 g/mol. The van der Waals surface area contributed by atoms with Crippen molar-refractivity contribution < 1.29 is 14.3 Å². The first-order valence-electron chi connectivity index (χ1n) is 8.63. The van der Waals surface area contributed by atoms with Gasteiger partial charge in [0.15, 0.2) is 0 Å². The van der Waals surface area contributed by atoms with E-state index in [1.807, 2.05) is 49.6 Å². The topological polar surface area (TPSA) is 91.2 Å². The molecule has 27 heavy (non-hydrogen) atoms. The summed E-state index contributed by atoms with van der Waals surface area (Å²) in [7, 11) is 1.61. The molecule has 0 fully saturated rings. The van der Waals surface area contributed by atoms with Crippen molar-refractivity contribution in [3.8, 4) is 22.9 Å². The van der Waals surface area contributed by atoms with Crippen LogP contribution in [0.3, 0.4) is 0 Å². The summed E-state index contributed by atoms with van der Waals surface area (Å²) in [5.74, 6) is 0.324. The average molecular weight is 385 g/mol. The predicted octanol–water partition coefficient (Wildman–Crippen LogP) is 3.21. The van der Waals surface area contributed by atoms with Gasteiger partial charge in [-0.2, -0.15) is 5.26 Å². The Bertz CT molecular complexity index is 839. The monoisotopic (exact) mass is 385 g/mol. The van der Waals surface area contributed by atoms with Gasteiger partial charge in [0, 0.05) is 0 Å². The number of nitrogens with zero attached hydrogens (tertiary/aromatic N) is 1. The molecule has 7 heteroatoms. The van der Waals surface area contributed by atoms with Gasteiger partial charge in [-0.05, 0) is 47.0 Å². The number of hydrogen-bond acceptors (Lipinski definition) is 5. The maximum Gasteiger partial charge on any atom is 0.262 e. The van der Waals surface area contributed by atoms with Crippen LogP contribution in [0.15, 0.2) is 35.7 Å². The van der Waals surface area contributed by atoms with E-state index < -0.39 is 6.04 Å². The average Bonchev–Trinajstić information content (AvgIpc) is 3.15. The van der Waals surface area contributed by atoms with Gasteiger partial charge in [0.2, 0.25) is 5.91 Å². The maximum absolute atomic E-state index is 12.6. The molecule has 0 bridgehead atoms. The highest BCUT2D eigenvalue weighted by atomic mass is 32.1. The number of hydrogen-bond donors (Lipinski definition) is 2. The highest BCUT2D eigenvalue weighted by Gasteiger charge is 2.23. The minimum atomic E-state index is -0.673. The largest absolute Gasteiger partial charge is 0.497 e. The third-order valence-electron chi connectivity index (χ3n) is 3.90. The molecule has 0 unspecified atom stereocenters. The number of ether oxygens (including phenoxy) is 1. The van der Waals surface area contributed by atoms with Crippen LogP contribution < -0.4 is 15.4 Å². The fraction of sp³-hybridized carbons (Fsp3) is 0.350. The van der Waals surface area contributed by atoms with E-state index in [4.69, 9.17) is 10.00 Å². The molecule has 0 saturated heterocycles. The summed E-state index contributed by atoms with van der Waals surface area (Å²) in [6.45, 7) is 3.87. The Balaban J connectivity index is 2.12. The normalized spacial score (nSPS) is 11.5. The van der Waals surface area contributed by atoms with Gasteiger partial charge in [-0.3, -0.25) is 9.59 Å². The molecule has 0 aliphatic carbocycles. The quantitative estimate of drug-likeness (QED) is 0.683. The fourth-order valence-corrected chi connectivity index (χ4v) is 3.41. The first kappa shape index (κ1) is 20.5. The van der Waals surface area contributed by atoms with Gasteiger partial charge in [-0.15, -0.1) is 11.3 Å². The second-order valence-corrected chi connectivity index (χ2v) is 7.37. The lowest BCUT2D eigenvalue weighted by Crippen LogP contribution is -2.47. The van der Waals surface area contributed by atoms with E-state index in [-0.39, 0.29) is 24.3 Å². The molecule has 1 heterocycles. The summed E-state index contributed by atoms with van der Waals surface area (Å²) in [5.41, 5.74) is 1.87. The zero-order chi connectivity index (χ0) is 19.8. The Hall–Kier alpha value is -2.85. The van der Waals surface area contributed by atoms with Crippen molar-refractivity contribution in [3.63, 3.8) is 0 Å². The summed E-state index contributed by atoms with van der Waals surface area (Å²) in [6, 6.07) is 10.6. The number of rotatable bonds is 8. The minimum absolute atomic E-state index is 0.0811. The molecular formula is C20H23N3O3S. The number of carbonyl (C=O) groups is 2. The second kappa shape index (κ2) is 9.74. The Morgan fingerprint density at radius 2 is 2.04 bits per heavy atom. The highest BCUT2D eigenvalue weighted by molar-refractivity contribution is 7.12. The van der Waals surface area contributed by atoms with Crippen LogP contribution in [-0.2, 0) is 4.79 Å². The molecule has 2 amide bonds. The van der Waals surface area contributed by atoms with E-state index in [9.17, 15) is 9.59 Å². The molecule has 142 valence electrons. The van der Waals surface area contributed by atoms with E-state index in [0.29, 0.717) is 11.3 Å². The van der Waals surface area contributed by atoms with E-state index in [2.05, 4.69) is 10.6 Å². The molecule has 1 aromatic heterocycles. The van der Waals surface area contributed by atoms with Crippen LogP contribution in [0.1, 0.15) is 29.9 Å². The number of nitrogens with one attached hydrogen (secondary N) is 2. The third-order valence-corrected chi connectivity index (χ3v) is 4.83. The number of nitriles is 1. The van der Waals surface area contributed by atoms with Crippen molar-refractivity contribution in [1.29, 1.82) is 5.26 Å². The number of thiophene rings is 1. The number of benzene rings is 1. The molecule has 1 aromatic carbocycles. The van der Waals surface area contributed by atoms with Crippen molar-refractivity contribution >= 4 is 23.2 Å². The molecule has 2 rings (SSSR count). The Morgan fingerprint density at radius 3 is 2.70 bits per heavy atom. The fourth-order valence-electron chi connectivity index (χ4n) is 2.59. The van der Waals surface area contributed by atoms with Crippen molar-refractivity contribution in [3.05, 3.63) is 40.6 Å². The molecule has 0 aliphatic heterocycles. The SMILES string of the molecule is COc1cccc(-c2csc(C(=O)N[C@@H](CC(C)C)C(=O)NCC#N)c2)c1. The van der Waals surface area contributed by atoms with Gasteiger partial charge in [-0.1, -0.05) is 26.0 Å². The maximum atomic E-state index is 12.6. The summed E-state index contributed by atoms with van der Waals surface area (Å²) >= 11 is 1.32. The first-order valence-corrected chi connectivity index (χ1v) is 9.51. The Morgan fingerprint density at radius 1 is 1.26 bits per heavy atom. The number of methoxy groups -OCH3 is 1. The molecule has 0 aliphatic rings. The molecule has 1 atom stereocenters. The predicted molar refractivity (Wildman–Crippen MR) is 106 cm³/mol. The van der Waals surface area contributed by atoms with Crippen molar-refractivity contribution in [2.24, 2.45) is 5.92 Å².